The molecule has 0 heterocycles. The quantitative estimate of drug-likeness (QED) is 0.747. The van der Waals surface area contributed by atoms with Crippen molar-refractivity contribution in [2.24, 2.45) is 11.5 Å². The Labute approximate surface area is 96.9 Å². The van der Waals surface area contributed by atoms with Crippen LogP contribution in [-0.4, -0.2) is 16.9 Å². The highest BCUT2D eigenvalue weighted by molar-refractivity contribution is 5.84. The summed E-state index contributed by atoms with van der Waals surface area (Å²) in [7, 11) is 0. The molecule has 0 saturated carbocycles. The van der Waals surface area contributed by atoms with Gasteiger partial charge in [-0.05, 0) is 13.3 Å². The number of carbonyl (C=O) groups is 1. The summed E-state index contributed by atoms with van der Waals surface area (Å²) < 4.78 is 0. The summed E-state index contributed by atoms with van der Waals surface area (Å²) in [4.78, 5) is 10.6. The van der Waals surface area contributed by atoms with Crippen LogP contribution in [0.5, 0.6) is 0 Å². The minimum absolute atomic E-state index is 0. The first-order valence-corrected chi connectivity index (χ1v) is 5.09. The average Bonchev–Trinajstić information content (AvgIpc) is 2.21. The van der Waals surface area contributed by atoms with Gasteiger partial charge in [-0.15, -0.1) is 0 Å². The van der Waals surface area contributed by atoms with E-state index >= 15 is 0 Å². The summed E-state index contributed by atoms with van der Waals surface area (Å²) in [5, 5.41) is 0. The number of Topliss-reactive ketones (excluding diaryl/α,β-unsaturated/α-hetero) is 1. The van der Waals surface area contributed by atoms with Crippen molar-refractivity contribution < 1.29 is 10.3 Å². The van der Waals surface area contributed by atoms with Crippen molar-refractivity contribution in [1.29, 1.82) is 0 Å². The van der Waals surface area contributed by atoms with Crippen molar-refractivity contribution in [2.75, 3.05) is 0 Å². The second kappa shape index (κ2) is 9.03. The van der Waals surface area contributed by atoms with Crippen LogP contribution in [0.1, 0.15) is 26.7 Å². The molecular formula is C12H22N2O2. The van der Waals surface area contributed by atoms with Crippen LogP contribution in [0.2, 0.25) is 0 Å². The molecular weight excluding hydrogens is 204 g/mol. The maximum atomic E-state index is 10.6. The molecule has 0 unspecified atom stereocenters. The predicted octanol–water partition coefficient (Wildman–Crippen LogP) is 0.851. The molecule has 0 saturated heterocycles. The summed E-state index contributed by atoms with van der Waals surface area (Å²) in [6, 6.07) is 12.0. The van der Waals surface area contributed by atoms with E-state index in [1.165, 1.54) is 6.92 Å². The molecule has 16 heavy (non-hydrogen) atoms. The Bertz CT molecular complexity index is 247. The Morgan fingerprint density at radius 3 is 1.50 bits per heavy atom. The third-order valence-electron chi connectivity index (χ3n) is 1.99. The summed E-state index contributed by atoms with van der Waals surface area (Å²) in [5.74, 6) is -0.149. The molecule has 0 bridgehead atoms. The van der Waals surface area contributed by atoms with Crippen LogP contribution in [0, 0.1) is 0 Å². The van der Waals surface area contributed by atoms with Gasteiger partial charge >= 0.3 is 0 Å². The standard InChI is InChI=1S/C6H14N2O.C6H6.H2O/c1-3-4-6(7,8)5(2)9;1-2-4-6-5-3-1;/h3-4,7-8H2,1-2H3;1-6H;1H2. The zero-order chi connectivity index (χ0) is 11.7. The number of carbonyl (C=O) groups excluding carboxylic acids is 1. The van der Waals surface area contributed by atoms with Crippen LogP contribution in [-0.2, 0) is 4.79 Å². The van der Waals surface area contributed by atoms with Crippen molar-refractivity contribution in [3.63, 3.8) is 0 Å². The van der Waals surface area contributed by atoms with Gasteiger partial charge in [0.15, 0.2) is 5.78 Å². The van der Waals surface area contributed by atoms with Crippen LogP contribution in [0.3, 0.4) is 0 Å². The molecule has 0 amide bonds. The van der Waals surface area contributed by atoms with Crippen molar-refractivity contribution in [1.82, 2.24) is 0 Å². The van der Waals surface area contributed by atoms with Gasteiger partial charge in [-0.25, -0.2) is 0 Å². The molecule has 6 N–H and O–H groups in total. The van der Waals surface area contributed by atoms with Crippen molar-refractivity contribution in [3.05, 3.63) is 36.4 Å². The molecule has 1 aromatic rings. The Morgan fingerprint density at radius 2 is 1.38 bits per heavy atom. The highest BCUT2D eigenvalue weighted by atomic mass is 16.1. The van der Waals surface area contributed by atoms with Gasteiger partial charge in [0, 0.05) is 0 Å². The lowest BCUT2D eigenvalue weighted by atomic mass is 10.0. The Kier molecular flexibility index (Phi) is 9.69. The van der Waals surface area contributed by atoms with E-state index in [1.54, 1.807) is 0 Å². The minimum Gasteiger partial charge on any atom is -0.412 e. The molecule has 92 valence electrons. The van der Waals surface area contributed by atoms with E-state index in [0.29, 0.717) is 6.42 Å². The van der Waals surface area contributed by atoms with Crippen LogP contribution in [0.25, 0.3) is 0 Å². The molecule has 4 heteroatoms. The lowest BCUT2D eigenvalue weighted by molar-refractivity contribution is -0.122. The fourth-order valence-corrected chi connectivity index (χ4v) is 0.975. The zero-order valence-corrected chi connectivity index (χ0v) is 9.94. The first-order valence-electron chi connectivity index (χ1n) is 5.09. The van der Waals surface area contributed by atoms with Gasteiger partial charge in [-0.2, -0.15) is 0 Å². The molecule has 1 rings (SSSR count). The Morgan fingerprint density at radius 1 is 1.06 bits per heavy atom. The third kappa shape index (κ3) is 8.11. The molecule has 4 nitrogen and oxygen atoms in total. The summed E-state index contributed by atoms with van der Waals surface area (Å²) in [5.41, 5.74) is 9.71. The first kappa shape index (κ1) is 17.2. The topological polar surface area (TPSA) is 101 Å². The highest BCUT2D eigenvalue weighted by Crippen LogP contribution is 2.01. The molecule has 0 atom stereocenters. The smallest absolute Gasteiger partial charge is 0.163 e. The lowest BCUT2D eigenvalue weighted by Crippen LogP contribution is -2.55. The number of hydrogen-bond acceptors (Lipinski definition) is 3. The van der Waals surface area contributed by atoms with E-state index in [2.05, 4.69) is 0 Å². The van der Waals surface area contributed by atoms with Crippen molar-refractivity contribution >= 4 is 5.78 Å². The normalized spacial score (nSPS) is 9.50. The molecule has 0 radical (unpaired) electrons. The molecule has 0 aromatic heterocycles. The molecule has 0 aliphatic heterocycles. The highest BCUT2D eigenvalue weighted by Gasteiger charge is 2.22. The Hall–Kier alpha value is -1.23. The molecule has 0 aliphatic carbocycles. The number of rotatable bonds is 3. The monoisotopic (exact) mass is 226 g/mol. The van der Waals surface area contributed by atoms with Gasteiger partial charge in [0.1, 0.15) is 5.66 Å². The SMILES string of the molecule is CCCC(N)(N)C(C)=O.O.c1ccccc1. The van der Waals surface area contributed by atoms with Crippen LogP contribution in [0.4, 0.5) is 0 Å². The van der Waals surface area contributed by atoms with E-state index in [4.69, 9.17) is 11.5 Å². The molecule has 1 aromatic carbocycles. The van der Waals surface area contributed by atoms with E-state index < -0.39 is 5.66 Å². The number of nitrogens with two attached hydrogens (primary N) is 2. The summed E-state index contributed by atoms with van der Waals surface area (Å²) in [6.07, 6.45) is 1.40. The van der Waals surface area contributed by atoms with Crippen molar-refractivity contribution in [2.45, 2.75) is 32.4 Å². The second-order valence-corrected chi connectivity index (χ2v) is 3.50. The van der Waals surface area contributed by atoms with E-state index in [-0.39, 0.29) is 11.3 Å². The maximum Gasteiger partial charge on any atom is 0.163 e. The third-order valence-corrected chi connectivity index (χ3v) is 1.99. The lowest BCUT2D eigenvalue weighted by Gasteiger charge is -2.19. The molecule has 0 spiro atoms. The van der Waals surface area contributed by atoms with Gasteiger partial charge in [0.2, 0.25) is 0 Å². The molecule has 0 aliphatic rings. The van der Waals surface area contributed by atoms with Crippen LogP contribution >= 0.6 is 0 Å². The van der Waals surface area contributed by atoms with Gasteiger partial charge in [-0.3, -0.25) is 4.79 Å². The number of ketones is 1. The van der Waals surface area contributed by atoms with Gasteiger partial charge in [0.25, 0.3) is 0 Å². The predicted molar refractivity (Wildman–Crippen MR) is 66.8 cm³/mol. The van der Waals surface area contributed by atoms with Gasteiger partial charge in [0.05, 0.1) is 0 Å². The fraction of sp³-hybridized carbons (Fsp3) is 0.417. The Balaban J connectivity index is 0. The van der Waals surface area contributed by atoms with E-state index in [1.807, 2.05) is 43.3 Å². The van der Waals surface area contributed by atoms with Crippen LogP contribution in [0.15, 0.2) is 36.4 Å². The molecule has 0 fully saturated rings. The van der Waals surface area contributed by atoms with Crippen LogP contribution < -0.4 is 11.5 Å². The van der Waals surface area contributed by atoms with E-state index in [9.17, 15) is 4.79 Å². The number of benzene rings is 1. The van der Waals surface area contributed by atoms with E-state index in [0.717, 1.165) is 6.42 Å². The first-order chi connectivity index (χ1) is 7.00. The minimum atomic E-state index is -1.09. The van der Waals surface area contributed by atoms with Gasteiger partial charge in [-0.1, -0.05) is 49.7 Å². The second-order valence-electron chi connectivity index (χ2n) is 3.50. The summed E-state index contributed by atoms with van der Waals surface area (Å²) >= 11 is 0. The number of hydrogen-bond donors (Lipinski definition) is 2. The maximum absolute atomic E-state index is 10.6. The fourth-order valence-electron chi connectivity index (χ4n) is 0.975. The zero-order valence-electron chi connectivity index (χ0n) is 9.94. The average molecular weight is 226 g/mol. The van der Waals surface area contributed by atoms with Gasteiger partial charge < -0.3 is 16.9 Å². The van der Waals surface area contributed by atoms with Crippen molar-refractivity contribution in [3.8, 4) is 0 Å². The largest absolute Gasteiger partial charge is 0.412 e. The summed E-state index contributed by atoms with van der Waals surface area (Å²) in [6.45, 7) is 3.35.